The number of alkyl halides is 3. The van der Waals surface area contributed by atoms with E-state index in [-0.39, 0.29) is 24.3 Å². The van der Waals surface area contributed by atoms with Crippen LogP contribution in [0.25, 0.3) is 0 Å². The van der Waals surface area contributed by atoms with Crippen molar-refractivity contribution in [2.75, 3.05) is 0 Å². The molecule has 3 rings (SSSR count). The van der Waals surface area contributed by atoms with Crippen LogP contribution in [0.3, 0.4) is 0 Å². The van der Waals surface area contributed by atoms with E-state index in [0.717, 1.165) is 0 Å². The minimum Gasteiger partial charge on any atom is -0.452 e. The third kappa shape index (κ3) is 4.41. The molecule has 0 bridgehead atoms. The van der Waals surface area contributed by atoms with Crippen LogP contribution < -0.4 is 5.73 Å². The molecule has 144 valence electrons. The number of nitrogens with two attached hydrogens (primary N) is 1. The molecule has 5 nitrogen and oxygen atoms in total. The van der Waals surface area contributed by atoms with Gasteiger partial charge in [0.2, 0.25) is 0 Å². The number of hydrogen-bond donors (Lipinski definition) is 1. The van der Waals surface area contributed by atoms with Crippen molar-refractivity contribution in [3.05, 3.63) is 50.9 Å². The molecule has 2 N–H and O–H groups in total. The number of ether oxygens (including phenoxy) is 1. The molecule has 0 spiro atoms. The van der Waals surface area contributed by atoms with Crippen LogP contribution in [0.5, 0.6) is 0 Å². The van der Waals surface area contributed by atoms with E-state index in [9.17, 15) is 18.0 Å². The van der Waals surface area contributed by atoms with E-state index < -0.39 is 23.8 Å². The molecule has 2 atom stereocenters. The number of nitrogens with zero attached hydrogens (tertiary/aromatic N) is 2. The molecule has 0 fully saturated rings. The Hall–Kier alpha value is -2.13. The van der Waals surface area contributed by atoms with Gasteiger partial charge in [0.1, 0.15) is 11.2 Å². The van der Waals surface area contributed by atoms with Gasteiger partial charge in [0, 0.05) is 23.9 Å². The summed E-state index contributed by atoms with van der Waals surface area (Å²) in [7, 11) is 0. The van der Waals surface area contributed by atoms with Crippen LogP contribution in [0.4, 0.5) is 13.2 Å². The highest BCUT2D eigenvalue weighted by molar-refractivity contribution is 7.10. The average Bonchev–Trinajstić information content (AvgIpc) is 3.03. The summed E-state index contributed by atoms with van der Waals surface area (Å²) in [5.41, 5.74) is 5.23. The number of amidine groups is 1. The van der Waals surface area contributed by atoms with Gasteiger partial charge in [-0.2, -0.15) is 13.2 Å². The van der Waals surface area contributed by atoms with Gasteiger partial charge in [-0.1, -0.05) is 11.6 Å². The number of halogens is 4. The molecule has 0 aliphatic carbocycles. The van der Waals surface area contributed by atoms with E-state index in [1.807, 2.05) is 0 Å². The number of Topliss-reactive ketones (excluding diaryl/α,β-unsaturated/α-hetero) is 1. The summed E-state index contributed by atoms with van der Waals surface area (Å²) in [6, 6.07) is 4.27. The van der Waals surface area contributed by atoms with Crippen LogP contribution in [-0.4, -0.2) is 29.1 Å². The molecule has 1 aliphatic heterocycles. The van der Waals surface area contributed by atoms with E-state index >= 15 is 0 Å². The van der Waals surface area contributed by atoms with E-state index in [1.54, 1.807) is 24.4 Å². The lowest BCUT2D eigenvalue weighted by Gasteiger charge is -2.34. The first-order valence-corrected chi connectivity index (χ1v) is 9.14. The zero-order valence-electron chi connectivity index (χ0n) is 14.1. The summed E-state index contributed by atoms with van der Waals surface area (Å²) in [5.74, 6) is -0.218. The predicted octanol–water partition coefficient (Wildman–Crippen LogP) is 4.10. The van der Waals surface area contributed by atoms with Gasteiger partial charge >= 0.3 is 6.18 Å². The number of aromatic nitrogens is 1. The number of thiophene rings is 1. The number of aliphatic imine (C=N–C) groups is 1. The van der Waals surface area contributed by atoms with Crippen molar-refractivity contribution in [3.8, 4) is 0 Å². The Bertz CT molecular complexity index is 882. The summed E-state index contributed by atoms with van der Waals surface area (Å²) in [6.45, 7) is 1.57. The van der Waals surface area contributed by atoms with Gasteiger partial charge in [0.25, 0.3) is 6.02 Å². The number of carbonyl (C=O) groups excluding carboxylic acids is 1. The van der Waals surface area contributed by atoms with Crippen molar-refractivity contribution in [1.29, 1.82) is 0 Å². The third-order valence-electron chi connectivity index (χ3n) is 4.13. The van der Waals surface area contributed by atoms with Crippen LogP contribution in [0.1, 0.15) is 34.3 Å². The van der Waals surface area contributed by atoms with Gasteiger partial charge in [-0.15, -0.1) is 11.3 Å². The fourth-order valence-electron chi connectivity index (χ4n) is 2.77. The maximum Gasteiger partial charge on any atom is 0.425 e. The summed E-state index contributed by atoms with van der Waals surface area (Å²) < 4.78 is 43.9. The molecule has 10 heteroatoms. The normalized spacial score (nSPS) is 22.9. The lowest BCUT2D eigenvalue weighted by atomic mass is 9.91. The Kier molecular flexibility index (Phi) is 5.18. The Balaban J connectivity index is 1.79. The fraction of sp³-hybridized carbons (Fsp3) is 0.353. The summed E-state index contributed by atoms with van der Waals surface area (Å²) in [6.07, 6.45) is -5.50. The first-order valence-electron chi connectivity index (χ1n) is 7.88. The molecule has 2 aromatic heterocycles. The quantitative estimate of drug-likeness (QED) is 0.759. The molecular formula is C17H15ClF3N3O2S. The molecule has 0 aromatic carbocycles. The van der Waals surface area contributed by atoms with Crippen molar-refractivity contribution in [2.45, 2.75) is 37.6 Å². The van der Waals surface area contributed by atoms with E-state index in [4.69, 9.17) is 17.3 Å². The lowest BCUT2D eigenvalue weighted by molar-refractivity contribution is -0.208. The number of pyridine rings is 1. The van der Waals surface area contributed by atoms with E-state index in [1.165, 1.54) is 23.6 Å². The highest BCUT2D eigenvalue weighted by Gasteiger charge is 2.49. The fourth-order valence-corrected chi connectivity index (χ4v) is 3.91. The van der Waals surface area contributed by atoms with Crippen molar-refractivity contribution < 1.29 is 22.7 Å². The second kappa shape index (κ2) is 7.12. The van der Waals surface area contributed by atoms with Gasteiger partial charge in [0.15, 0.2) is 11.9 Å². The minimum absolute atomic E-state index is 0.0691. The van der Waals surface area contributed by atoms with Crippen molar-refractivity contribution >= 4 is 34.7 Å². The number of carbonyl (C=O) groups is 1. The maximum atomic E-state index is 13.1. The smallest absolute Gasteiger partial charge is 0.425 e. The molecule has 27 heavy (non-hydrogen) atoms. The highest BCUT2D eigenvalue weighted by atomic mass is 35.5. The zero-order valence-corrected chi connectivity index (χ0v) is 15.7. The molecule has 0 radical (unpaired) electrons. The first kappa shape index (κ1) is 19.6. The standard InChI is InChI=1S/C17H15ClF3N3O2S/c1-16(6-13(17(19,20)21)26-15(22)24-16)14-5-9(8-27-14)4-12(25)11-3-2-10(18)7-23-11/h2-3,5,7-8,13H,4,6H2,1H3,(H2,22,24)/t13-,16-/m0/s1. The second-order valence-electron chi connectivity index (χ2n) is 6.36. The first-order chi connectivity index (χ1) is 12.6. The van der Waals surface area contributed by atoms with Gasteiger partial charge < -0.3 is 10.5 Å². The highest BCUT2D eigenvalue weighted by Crippen LogP contribution is 2.42. The predicted molar refractivity (Wildman–Crippen MR) is 96.1 cm³/mol. The van der Waals surface area contributed by atoms with Crippen LogP contribution in [0, 0.1) is 0 Å². The Labute approximate surface area is 162 Å². The topological polar surface area (TPSA) is 77.6 Å². The zero-order chi connectivity index (χ0) is 19.8. The molecule has 0 amide bonds. The van der Waals surface area contributed by atoms with Gasteiger partial charge in [-0.25, -0.2) is 4.99 Å². The minimum atomic E-state index is -4.54. The molecule has 1 aliphatic rings. The molecule has 0 unspecified atom stereocenters. The second-order valence-corrected chi connectivity index (χ2v) is 7.70. The van der Waals surface area contributed by atoms with Gasteiger partial charge in [-0.3, -0.25) is 9.78 Å². The molecule has 0 saturated heterocycles. The van der Waals surface area contributed by atoms with E-state index in [0.29, 0.717) is 15.5 Å². The van der Waals surface area contributed by atoms with Crippen LogP contribution in [0.2, 0.25) is 5.02 Å². The van der Waals surface area contributed by atoms with Crippen molar-refractivity contribution in [3.63, 3.8) is 0 Å². The lowest BCUT2D eigenvalue weighted by Crippen LogP contribution is -2.45. The number of hydrogen-bond acceptors (Lipinski definition) is 6. The Morgan fingerprint density at radius 2 is 2.22 bits per heavy atom. The SMILES string of the molecule is C[C@@]1(c2cc(CC(=O)c3ccc(Cl)cn3)cs2)C[C@@H](C(F)(F)F)OC(N)=N1. The molecule has 2 aromatic rings. The summed E-state index contributed by atoms with van der Waals surface area (Å²) in [5, 5.41) is 2.14. The van der Waals surface area contributed by atoms with Gasteiger partial charge in [0.05, 0.1) is 5.02 Å². The van der Waals surface area contributed by atoms with Crippen LogP contribution in [0.15, 0.2) is 34.8 Å². The van der Waals surface area contributed by atoms with E-state index in [2.05, 4.69) is 14.7 Å². The molecule has 3 heterocycles. The third-order valence-corrected chi connectivity index (χ3v) is 5.59. The Morgan fingerprint density at radius 3 is 2.85 bits per heavy atom. The van der Waals surface area contributed by atoms with Crippen LogP contribution in [-0.2, 0) is 16.7 Å². The number of rotatable bonds is 4. The number of ketones is 1. The average molecular weight is 418 g/mol. The Morgan fingerprint density at radius 1 is 1.48 bits per heavy atom. The monoisotopic (exact) mass is 417 g/mol. The van der Waals surface area contributed by atoms with Gasteiger partial charge in [-0.05, 0) is 36.1 Å². The largest absolute Gasteiger partial charge is 0.452 e. The van der Waals surface area contributed by atoms with Crippen LogP contribution >= 0.6 is 22.9 Å². The van der Waals surface area contributed by atoms with Crippen molar-refractivity contribution in [2.24, 2.45) is 10.7 Å². The maximum absolute atomic E-state index is 13.1. The summed E-state index contributed by atoms with van der Waals surface area (Å²) >= 11 is 6.98. The van der Waals surface area contributed by atoms with Crippen molar-refractivity contribution in [1.82, 2.24) is 4.98 Å². The molecular weight excluding hydrogens is 403 g/mol. The molecule has 0 saturated carbocycles. The summed E-state index contributed by atoms with van der Waals surface area (Å²) in [4.78, 5) is 20.9.